The smallest absolute Gasteiger partial charge is 0.417 e. The lowest BCUT2D eigenvalue weighted by molar-refractivity contribution is -0.166. The molecule has 3 atom stereocenters. The molecular weight excluding hydrogens is 534 g/mol. The van der Waals surface area contributed by atoms with Crippen LogP contribution < -0.4 is 0 Å². The standard InChI is InChI=1S/C30H41NO10/c1-18(2)27-30(5,6)41-29(37)31(27)28(36)26(38-7)25(40-20(4)33)24(35)17-22(21-11-8-10-19(3)16-21)23(34)12-9-14-39-15-13-32/h8,10-11,16-18,25-27,32H,9,12-15H2,1-7H3/t25-,26+,27+/m1/s1. The highest BCUT2D eigenvalue weighted by molar-refractivity contribution is 6.25. The third-order valence-corrected chi connectivity index (χ3v) is 6.60. The molecule has 226 valence electrons. The van der Waals surface area contributed by atoms with Crippen molar-refractivity contribution in [1.82, 2.24) is 4.90 Å². The Balaban J connectivity index is 2.49. The molecule has 0 radical (unpaired) electrons. The van der Waals surface area contributed by atoms with Crippen LogP contribution in [0.2, 0.25) is 0 Å². The average Bonchev–Trinajstić information content (AvgIpc) is 3.14. The molecule has 1 fully saturated rings. The number of esters is 1. The number of aliphatic hydroxyl groups is 1. The van der Waals surface area contributed by atoms with E-state index in [4.69, 9.17) is 24.1 Å². The lowest BCUT2D eigenvalue weighted by Gasteiger charge is -2.33. The normalized spacial score (nSPS) is 18.2. The van der Waals surface area contributed by atoms with Crippen LogP contribution in [0.5, 0.6) is 0 Å². The number of aryl methyl sites for hydroxylation is 1. The van der Waals surface area contributed by atoms with Crippen molar-refractivity contribution in [2.24, 2.45) is 5.92 Å². The molecule has 0 spiro atoms. The fraction of sp³-hybridized carbons (Fsp3) is 0.567. The lowest BCUT2D eigenvalue weighted by Crippen LogP contribution is -2.55. The summed E-state index contributed by atoms with van der Waals surface area (Å²) in [5, 5.41) is 8.87. The molecule has 0 unspecified atom stereocenters. The molecule has 1 aromatic carbocycles. The number of amides is 2. The number of aliphatic hydroxyl groups excluding tert-OH is 1. The molecule has 1 N–H and O–H groups in total. The largest absolute Gasteiger partial charge is 0.451 e. The minimum absolute atomic E-state index is 0.0358. The zero-order valence-electron chi connectivity index (χ0n) is 24.8. The van der Waals surface area contributed by atoms with Crippen molar-refractivity contribution in [2.75, 3.05) is 26.9 Å². The monoisotopic (exact) mass is 575 g/mol. The number of hydrogen-bond donors (Lipinski definition) is 1. The molecule has 1 aliphatic rings. The number of hydrogen-bond acceptors (Lipinski definition) is 10. The number of nitrogens with zero attached hydrogens (tertiary/aromatic N) is 1. The zero-order valence-corrected chi connectivity index (χ0v) is 24.8. The van der Waals surface area contributed by atoms with Crippen LogP contribution in [0.15, 0.2) is 30.3 Å². The maximum Gasteiger partial charge on any atom is 0.417 e. The summed E-state index contributed by atoms with van der Waals surface area (Å²) in [6.07, 6.45) is -2.95. The summed E-state index contributed by atoms with van der Waals surface area (Å²) in [6.45, 7) is 10.1. The number of benzene rings is 1. The van der Waals surface area contributed by atoms with Gasteiger partial charge in [-0.2, -0.15) is 0 Å². The van der Waals surface area contributed by atoms with Crippen LogP contribution in [-0.4, -0.2) is 90.3 Å². The Bertz CT molecular complexity index is 1160. The molecule has 0 aromatic heterocycles. The number of rotatable bonds is 15. The van der Waals surface area contributed by atoms with E-state index in [1.807, 2.05) is 26.8 Å². The van der Waals surface area contributed by atoms with Crippen molar-refractivity contribution in [3.05, 3.63) is 41.5 Å². The van der Waals surface area contributed by atoms with Gasteiger partial charge >= 0.3 is 12.1 Å². The van der Waals surface area contributed by atoms with Crippen LogP contribution in [-0.2, 0) is 38.1 Å². The van der Waals surface area contributed by atoms with Gasteiger partial charge in [0.2, 0.25) is 0 Å². The number of carbonyl (C=O) groups is 5. The van der Waals surface area contributed by atoms with E-state index in [-0.39, 0.29) is 43.5 Å². The minimum atomic E-state index is -1.78. The summed E-state index contributed by atoms with van der Waals surface area (Å²) >= 11 is 0. The van der Waals surface area contributed by atoms with Crippen LogP contribution in [0.25, 0.3) is 5.57 Å². The number of carbonyl (C=O) groups excluding carboxylic acids is 5. The van der Waals surface area contributed by atoms with Crippen molar-refractivity contribution in [2.45, 2.75) is 78.2 Å². The summed E-state index contributed by atoms with van der Waals surface area (Å²) in [6, 6.07) is 6.29. The summed E-state index contributed by atoms with van der Waals surface area (Å²) < 4.78 is 21.3. The maximum atomic E-state index is 13.7. The highest BCUT2D eigenvalue weighted by atomic mass is 16.6. The van der Waals surface area contributed by atoms with Crippen LogP contribution in [0.4, 0.5) is 4.79 Å². The van der Waals surface area contributed by atoms with E-state index in [0.717, 1.165) is 30.6 Å². The first-order valence-electron chi connectivity index (χ1n) is 13.6. The first-order chi connectivity index (χ1) is 19.2. The summed E-state index contributed by atoms with van der Waals surface area (Å²) in [5.74, 6) is -3.20. The molecule has 1 aromatic rings. The Morgan fingerprint density at radius 3 is 2.39 bits per heavy atom. The Morgan fingerprint density at radius 1 is 1.15 bits per heavy atom. The summed E-state index contributed by atoms with van der Waals surface area (Å²) in [5.41, 5.74) is 0.357. The van der Waals surface area contributed by atoms with Gasteiger partial charge in [-0.25, -0.2) is 9.69 Å². The minimum Gasteiger partial charge on any atom is -0.451 e. The quantitative estimate of drug-likeness (QED) is 0.188. The summed E-state index contributed by atoms with van der Waals surface area (Å²) in [4.78, 5) is 66.4. The van der Waals surface area contributed by atoms with E-state index in [2.05, 4.69) is 0 Å². The molecule has 1 aliphatic heterocycles. The van der Waals surface area contributed by atoms with Gasteiger partial charge in [0, 0.05) is 32.6 Å². The van der Waals surface area contributed by atoms with Crippen molar-refractivity contribution in [3.8, 4) is 0 Å². The van der Waals surface area contributed by atoms with E-state index in [9.17, 15) is 24.0 Å². The molecule has 11 heteroatoms. The first kappa shape index (κ1) is 33.8. The Labute approximate surface area is 240 Å². The number of cyclic esters (lactones) is 1. The van der Waals surface area contributed by atoms with Crippen LogP contribution >= 0.6 is 0 Å². The van der Waals surface area contributed by atoms with Crippen molar-refractivity contribution in [3.63, 3.8) is 0 Å². The number of ketones is 2. The van der Waals surface area contributed by atoms with E-state index >= 15 is 0 Å². The molecule has 41 heavy (non-hydrogen) atoms. The van der Waals surface area contributed by atoms with Gasteiger partial charge in [0.1, 0.15) is 5.60 Å². The van der Waals surface area contributed by atoms with Crippen LogP contribution in [0, 0.1) is 12.8 Å². The second-order valence-electron chi connectivity index (χ2n) is 10.7. The SMILES string of the molecule is CO[C@H](C(=O)N1C(=O)OC(C)(C)[C@@H]1C(C)C)[C@H](OC(C)=O)C(=O)C=C(C(=O)CCCOCCO)c1cccc(C)c1. The number of methoxy groups -OCH3 is 1. The third kappa shape index (κ3) is 8.79. The van der Waals surface area contributed by atoms with Gasteiger partial charge in [0.25, 0.3) is 5.91 Å². The molecule has 2 amide bonds. The van der Waals surface area contributed by atoms with Gasteiger partial charge in [-0.1, -0.05) is 43.7 Å². The molecule has 0 aliphatic carbocycles. The predicted octanol–water partition coefficient (Wildman–Crippen LogP) is 3.03. The predicted molar refractivity (Wildman–Crippen MR) is 149 cm³/mol. The number of Topliss-reactive ketones (excluding diaryl/α,β-unsaturated/α-hetero) is 1. The average molecular weight is 576 g/mol. The molecule has 0 bridgehead atoms. The Kier molecular flexibility index (Phi) is 12.4. The van der Waals surface area contributed by atoms with E-state index in [0.29, 0.717) is 12.0 Å². The Hall–Kier alpha value is -3.41. The molecule has 0 saturated carbocycles. The molecule has 2 rings (SSSR count). The fourth-order valence-corrected chi connectivity index (χ4v) is 5.02. The van der Waals surface area contributed by atoms with Crippen molar-refractivity contribution in [1.29, 1.82) is 0 Å². The van der Waals surface area contributed by atoms with Gasteiger partial charge in [-0.15, -0.1) is 0 Å². The second-order valence-corrected chi connectivity index (χ2v) is 10.7. The first-order valence-corrected chi connectivity index (χ1v) is 13.6. The summed E-state index contributed by atoms with van der Waals surface area (Å²) in [7, 11) is 1.16. The third-order valence-electron chi connectivity index (χ3n) is 6.60. The Morgan fingerprint density at radius 2 is 1.83 bits per heavy atom. The van der Waals surface area contributed by atoms with E-state index < -0.39 is 47.6 Å². The van der Waals surface area contributed by atoms with E-state index in [1.54, 1.807) is 32.0 Å². The van der Waals surface area contributed by atoms with Crippen molar-refractivity contribution < 1.29 is 48.0 Å². The highest BCUT2D eigenvalue weighted by Gasteiger charge is 2.54. The molecule has 1 saturated heterocycles. The maximum absolute atomic E-state index is 13.7. The highest BCUT2D eigenvalue weighted by Crippen LogP contribution is 2.35. The van der Waals surface area contributed by atoms with Crippen LogP contribution in [0.3, 0.4) is 0 Å². The number of ether oxygens (including phenoxy) is 4. The zero-order chi connectivity index (χ0) is 30.9. The van der Waals surface area contributed by atoms with E-state index in [1.165, 1.54) is 0 Å². The van der Waals surface area contributed by atoms with Gasteiger partial charge in [0.15, 0.2) is 23.8 Å². The molecule has 1 heterocycles. The van der Waals surface area contributed by atoms with Gasteiger partial charge in [-0.05, 0) is 44.7 Å². The second kappa shape index (κ2) is 15.0. The van der Waals surface area contributed by atoms with Crippen molar-refractivity contribution >= 4 is 35.1 Å². The molecule has 11 nitrogen and oxygen atoms in total. The topological polar surface area (TPSA) is 146 Å². The van der Waals surface area contributed by atoms with Gasteiger partial charge in [0.05, 0.1) is 19.3 Å². The van der Waals surface area contributed by atoms with Gasteiger partial charge in [-0.3, -0.25) is 19.2 Å². The van der Waals surface area contributed by atoms with Crippen LogP contribution in [0.1, 0.15) is 58.6 Å². The fourth-order valence-electron chi connectivity index (χ4n) is 5.02. The van der Waals surface area contributed by atoms with Gasteiger partial charge < -0.3 is 24.1 Å². The molecular formula is C30H41NO10. The number of allylic oxidation sites excluding steroid dienone is 1. The lowest BCUT2D eigenvalue weighted by atomic mass is 9.88. The number of imide groups is 1.